The maximum atomic E-state index is 12.1. The second-order valence-electron chi connectivity index (χ2n) is 5.81. The molecule has 0 aromatic heterocycles. The van der Waals surface area contributed by atoms with Crippen molar-refractivity contribution in [3.8, 4) is 0 Å². The molecule has 7 heteroatoms. The SMILES string of the molecule is Cc1ccccc1CCNC(=O)Nc1ccccc1N(C)S(C)(=O)=O. The van der Waals surface area contributed by atoms with Gasteiger partial charge in [-0.1, -0.05) is 36.4 Å². The Balaban J connectivity index is 1.98. The second kappa shape index (κ2) is 8.02. The number of amides is 2. The van der Waals surface area contributed by atoms with Crippen molar-refractivity contribution in [2.45, 2.75) is 13.3 Å². The summed E-state index contributed by atoms with van der Waals surface area (Å²) in [5.74, 6) is 0. The summed E-state index contributed by atoms with van der Waals surface area (Å²) in [6.45, 7) is 2.52. The van der Waals surface area contributed by atoms with Crippen LogP contribution in [0.4, 0.5) is 16.2 Å². The smallest absolute Gasteiger partial charge is 0.319 e. The molecule has 2 N–H and O–H groups in total. The molecule has 0 saturated heterocycles. The molecule has 2 amide bonds. The molecule has 2 rings (SSSR count). The van der Waals surface area contributed by atoms with Crippen LogP contribution in [0.5, 0.6) is 0 Å². The Morgan fingerprint density at radius 1 is 1.08 bits per heavy atom. The summed E-state index contributed by atoms with van der Waals surface area (Å²) in [7, 11) is -1.96. The Morgan fingerprint density at radius 3 is 2.40 bits per heavy atom. The summed E-state index contributed by atoms with van der Waals surface area (Å²) in [6.07, 6.45) is 1.84. The highest BCUT2D eigenvalue weighted by molar-refractivity contribution is 7.92. The van der Waals surface area contributed by atoms with Gasteiger partial charge in [-0.05, 0) is 36.6 Å². The zero-order chi connectivity index (χ0) is 18.4. The summed E-state index contributed by atoms with van der Waals surface area (Å²) in [4.78, 5) is 12.1. The number of benzene rings is 2. The molecule has 0 heterocycles. The van der Waals surface area contributed by atoms with E-state index >= 15 is 0 Å². The maximum absolute atomic E-state index is 12.1. The van der Waals surface area contributed by atoms with Crippen molar-refractivity contribution in [2.24, 2.45) is 0 Å². The number of anilines is 2. The van der Waals surface area contributed by atoms with Crippen LogP contribution >= 0.6 is 0 Å². The third-order valence-corrected chi connectivity index (χ3v) is 5.12. The lowest BCUT2D eigenvalue weighted by atomic mass is 10.1. The number of hydrogen-bond donors (Lipinski definition) is 2. The van der Waals surface area contributed by atoms with Crippen LogP contribution in [0.25, 0.3) is 0 Å². The predicted octanol–water partition coefficient (Wildman–Crippen LogP) is 2.76. The quantitative estimate of drug-likeness (QED) is 0.830. The van der Waals surface area contributed by atoms with Crippen molar-refractivity contribution < 1.29 is 13.2 Å². The lowest BCUT2D eigenvalue weighted by molar-refractivity contribution is 0.252. The zero-order valence-electron chi connectivity index (χ0n) is 14.6. The van der Waals surface area contributed by atoms with Gasteiger partial charge in [-0.2, -0.15) is 0 Å². The second-order valence-corrected chi connectivity index (χ2v) is 7.82. The third kappa shape index (κ3) is 5.22. The highest BCUT2D eigenvalue weighted by atomic mass is 32.2. The van der Waals surface area contributed by atoms with Gasteiger partial charge in [0.15, 0.2) is 0 Å². The Hall–Kier alpha value is -2.54. The molecule has 0 radical (unpaired) electrons. The molecule has 0 bridgehead atoms. The van der Waals surface area contributed by atoms with Crippen molar-refractivity contribution in [1.29, 1.82) is 0 Å². The highest BCUT2D eigenvalue weighted by Gasteiger charge is 2.16. The number of carbonyl (C=O) groups excluding carboxylic acids is 1. The summed E-state index contributed by atoms with van der Waals surface area (Å²) >= 11 is 0. The van der Waals surface area contributed by atoms with Gasteiger partial charge >= 0.3 is 6.03 Å². The zero-order valence-corrected chi connectivity index (χ0v) is 15.4. The first-order valence-corrected chi connectivity index (χ1v) is 9.76. The monoisotopic (exact) mass is 361 g/mol. The first-order valence-electron chi connectivity index (χ1n) is 7.91. The fourth-order valence-electron chi connectivity index (χ4n) is 2.40. The van der Waals surface area contributed by atoms with E-state index in [1.165, 1.54) is 18.2 Å². The Bertz CT molecular complexity index is 850. The summed E-state index contributed by atoms with van der Waals surface area (Å²) in [5, 5.41) is 5.50. The molecule has 0 aliphatic heterocycles. The molecule has 6 nitrogen and oxygen atoms in total. The van der Waals surface area contributed by atoms with E-state index in [1.54, 1.807) is 24.3 Å². The van der Waals surface area contributed by atoms with Crippen LogP contribution in [0.1, 0.15) is 11.1 Å². The number of nitrogens with zero attached hydrogens (tertiary/aromatic N) is 1. The number of carbonyl (C=O) groups is 1. The standard InChI is InChI=1S/C18H23N3O3S/c1-14-8-4-5-9-15(14)12-13-19-18(22)20-16-10-6-7-11-17(16)21(2)25(3,23)24/h4-11H,12-13H2,1-3H3,(H2,19,20,22). The van der Waals surface area contributed by atoms with Crippen LogP contribution in [-0.4, -0.2) is 34.3 Å². The van der Waals surface area contributed by atoms with Crippen LogP contribution in [0.3, 0.4) is 0 Å². The first-order chi connectivity index (χ1) is 11.8. The van der Waals surface area contributed by atoms with Crippen LogP contribution in [0.15, 0.2) is 48.5 Å². The Kier molecular flexibility index (Phi) is 6.03. The largest absolute Gasteiger partial charge is 0.338 e. The van der Waals surface area contributed by atoms with Crippen molar-refractivity contribution in [2.75, 3.05) is 29.5 Å². The van der Waals surface area contributed by atoms with Crippen molar-refractivity contribution >= 4 is 27.4 Å². The van der Waals surface area contributed by atoms with E-state index in [2.05, 4.69) is 10.6 Å². The Morgan fingerprint density at radius 2 is 1.72 bits per heavy atom. The van der Waals surface area contributed by atoms with Gasteiger partial charge in [0, 0.05) is 13.6 Å². The molecule has 134 valence electrons. The van der Waals surface area contributed by atoms with Gasteiger partial charge in [-0.3, -0.25) is 4.31 Å². The van der Waals surface area contributed by atoms with Crippen molar-refractivity contribution in [3.05, 3.63) is 59.7 Å². The maximum Gasteiger partial charge on any atom is 0.319 e. The number of sulfonamides is 1. The van der Waals surface area contributed by atoms with Crippen molar-refractivity contribution in [3.63, 3.8) is 0 Å². The summed E-state index contributed by atoms with van der Waals surface area (Å²) in [5.41, 5.74) is 3.22. The number of para-hydroxylation sites is 2. The third-order valence-electron chi connectivity index (χ3n) is 3.93. The number of aryl methyl sites for hydroxylation is 1. The molecule has 2 aromatic carbocycles. The molecular formula is C18H23N3O3S. The molecule has 0 aliphatic carbocycles. The van der Waals surface area contributed by atoms with E-state index in [0.29, 0.717) is 17.9 Å². The molecule has 2 aromatic rings. The molecule has 0 aliphatic rings. The van der Waals surface area contributed by atoms with Crippen LogP contribution in [0, 0.1) is 6.92 Å². The van der Waals surface area contributed by atoms with E-state index in [9.17, 15) is 13.2 Å². The fraction of sp³-hybridized carbons (Fsp3) is 0.278. The average Bonchev–Trinajstić information content (AvgIpc) is 2.55. The minimum Gasteiger partial charge on any atom is -0.338 e. The van der Waals surface area contributed by atoms with E-state index in [-0.39, 0.29) is 6.03 Å². The lowest BCUT2D eigenvalue weighted by Crippen LogP contribution is -2.32. The molecule has 25 heavy (non-hydrogen) atoms. The molecular weight excluding hydrogens is 338 g/mol. The Labute approximate surface area is 148 Å². The fourth-order valence-corrected chi connectivity index (χ4v) is 2.92. The molecule has 0 atom stereocenters. The van der Waals surface area contributed by atoms with E-state index < -0.39 is 10.0 Å². The van der Waals surface area contributed by atoms with Gasteiger partial charge in [-0.25, -0.2) is 13.2 Å². The van der Waals surface area contributed by atoms with Gasteiger partial charge in [0.1, 0.15) is 0 Å². The van der Waals surface area contributed by atoms with Crippen LogP contribution in [-0.2, 0) is 16.4 Å². The van der Waals surface area contributed by atoms with Crippen LogP contribution < -0.4 is 14.9 Å². The first kappa shape index (κ1) is 18.8. The topological polar surface area (TPSA) is 78.5 Å². The number of nitrogens with one attached hydrogen (secondary N) is 2. The van der Waals surface area contributed by atoms with E-state index in [0.717, 1.165) is 17.0 Å². The minimum absolute atomic E-state index is 0.372. The van der Waals surface area contributed by atoms with E-state index in [4.69, 9.17) is 0 Å². The summed E-state index contributed by atoms with van der Waals surface area (Å²) in [6, 6.07) is 14.4. The number of urea groups is 1. The van der Waals surface area contributed by atoms with Gasteiger partial charge in [0.2, 0.25) is 10.0 Å². The van der Waals surface area contributed by atoms with Crippen molar-refractivity contribution in [1.82, 2.24) is 5.32 Å². The minimum atomic E-state index is -3.41. The lowest BCUT2D eigenvalue weighted by Gasteiger charge is -2.20. The van der Waals surface area contributed by atoms with Gasteiger partial charge in [-0.15, -0.1) is 0 Å². The van der Waals surface area contributed by atoms with Gasteiger partial charge in [0.05, 0.1) is 17.6 Å². The van der Waals surface area contributed by atoms with E-state index in [1.807, 2.05) is 31.2 Å². The predicted molar refractivity (Wildman–Crippen MR) is 102 cm³/mol. The van der Waals surface area contributed by atoms with Crippen LogP contribution in [0.2, 0.25) is 0 Å². The summed E-state index contributed by atoms with van der Waals surface area (Å²) < 4.78 is 24.6. The highest BCUT2D eigenvalue weighted by Crippen LogP contribution is 2.26. The molecule has 0 saturated carbocycles. The average molecular weight is 361 g/mol. The molecule has 0 fully saturated rings. The number of hydrogen-bond acceptors (Lipinski definition) is 3. The normalized spacial score (nSPS) is 11.0. The van der Waals surface area contributed by atoms with Gasteiger partial charge < -0.3 is 10.6 Å². The molecule has 0 spiro atoms. The van der Waals surface area contributed by atoms with Gasteiger partial charge in [0.25, 0.3) is 0 Å². The number of rotatable bonds is 6. The molecule has 0 unspecified atom stereocenters.